The first-order valence-corrected chi connectivity index (χ1v) is 8.89. The van der Waals surface area contributed by atoms with Gasteiger partial charge in [0.25, 0.3) is 0 Å². The van der Waals surface area contributed by atoms with E-state index in [1.54, 1.807) is 11.3 Å². The summed E-state index contributed by atoms with van der Waals surface area (Å²) in [6.45, 7) is 5.13. The van der Waals surface area contributed by atoms with Gasteiger partial charge in [-0.2, -0.15) is 0 Å². The maximum atomic E-state index is 10.6. The number of hydrogen-bond acceptors (Lipinski definition) is 3. The molecule has 0 bridgehead atoms. The van der Waals surface area contributed by atoms with Crippen LogP contribution < -0.4 is 5.32 Å². The Hall–Kier alpha value is 0.1000. The average molecular weight is 346 g/mol. The van der Waals surface area contributed by atoms with Crippen LogP contribution in [0.3, 0.4) is 0 Å². The number of aliphatic hydroxyl groups is 1. The van der Waals surface area contributed by atoms with Crippen LogP contribution in [0.2, 0.25) is 0 Å². The van der Waals surface area contributed by atoms with Crippen LogP contribution in [0.4, 0.5) is 0 Å². The summed E-state index contributed by atoms with van der Waals surface area (Å²) in [5.74, 6) is 0.825. The molecule has 1 atom stereocenters. The summed E-state index contributed by atoms with van der Waals surface area (Å²) in [4.78, 5) is 1.32. The van der Waals surface area contributed by atoms with Crippen molar-refractivity contribution in [1.29, 1.82) is 0 Å². The van der Waals surface area contributed by atoms with E-state index in [0.717, 1.165) is 23.2 Å². The van der Waals surface area contributed by atoms with E-state index in [4.69, 9.17) is 0 Å². The zero-order chi connectivity index (χ0) is 13.9. The predicted molar refractivity (Wildman–Crippen MR) is 85.6 cm³/mol. The van der Waals surface area contributed by atoms with Gasteiger partial charge in [-0.3, -0.25) is 0 Å². The topological polar surface area (TPSA) is 32.3 Å². The van der Waals surface area contributed by atoms with Gasteiger partial charge in [-0.25, -0.2) is 0 Å². The van der Waals surface area contributed by atoms with Crippen molar-refractivity contribution in [1.82, 2.24) is 5.32 Å². The van der Waals surface area contributed by atoms with E-state index in [-0.39, 0.29) is 0 Å². The molecule has 2 rings (SSSR count). The largest absolute Gasteiger partial charge is 0.389 e. The van der Waals surface area contributed by atoms with Crippen LogP contribution >= 0.6 is 27.3 Å². The lowest BCUT2D eigenvalue weighted by molar-refractivity contribution is -0.0102. The molecule has 0 aliphatic heterocycles. The number of nitrogens with one attached hydrogen (secondary N) is 1. The van der Waals surface area contributed by atoms with Crippen LogP contribution in [0, 0.1) is 5.92 Å². The average Bonchev–Trinajstić information content (AvgIpc) is 2.84. The lowest BCUT2D eigenvalue weighted by atomic mass is 9.78. The third kappa shape index (κ3) is 4.28. The molecule has 0 aromatic carbocycles. The van der Waals surface area contributed by atoms with E-state index < -0.39 is 5.60 Å². The molecule has 1 aromatic heterocycles. The van der Waals surface area contributed by atoms with Gasteiger partial charge in [0, 0.05) is 27.3 Å². The van der Waals surface area contributed by atoms with Gasteiger partial charge < -0.3 is 10.4 Å². The van der Waals surface area contributed by atoms with Gasteiger partial charge in [0.15, 0.2) is 0 Å². The quantitative estimate of drug-likeness (QED) is 0.823. The van der Waals surface area contributed by atoms with Crippen molar-refractivity contribution < 1.29 is 5.11 Å². The van der Waals surface area contributed by atoms with Gasteiger partial charge in [-0.05, 0) is 60.5 Å². The van der Waals surface area contributed by atoms with Crippen LogP contribution in [0.1, 0.15) is 56.9 Å². The first-order valence-electron chi connectivity index (χ1n) is 7.22. The normalized spacial score (nSPS) is 29.4. The van der Waals surface area contributed by atoms with Crippen LogP contribution in [0.15, 0.2) is 15.9 Å². The second-order valence-corrected chi connectivity index (χ2v) is 7.70. The Kier molecular flexibility index (Phi) is 5.46. The molecule has 2 nitrogen and oxygen atoms in total. The Bertz CT molecular complexity index is 399. The molecular formula is C15H24BrNOS. The highest BCUT2D eigenvalue weighted by Crippen LogP contribution is 2.34. The predicted octanol–water partition coefficient (Wildman–Crippen LogP) is 4.49. The summed E-state index contributed by atoms with van der Waals surface area (Å²) in [6, 6.07) is 2.46. The first kappa shape index (κ1) is 15.5. The van der Waals surface area contributed by atoms with E-state index in [2.05, 4.69) is 46.5 Å². The summed E-state index contributed by atoms with van der Waals surface area (Å²) in [5, 5.41) is 16.2. The SMILES string of the molecule is CCC1CCC(O)(CNC(C)c2cc(Br)cs2)CC1. The molecule has 0 saturated heterocycles. The van der Waals surface area contributed by atoms with Gasteiger partial charge in [0.1, 0.15) is 0 Å². The molecule has 19 heavy (non-hydrogen) atoms. The molecule has 1 heterocycles. The van der Waals surface area contributed by atoms with E-state index in [9.17, 15) is 5.11 Å². The Labute approximate surface area is 128 Å². The van der Waals surface area contributed by atoms with Gasteiger partial charge in [-0.15, -0.1) is 11.3 Å². The van der Waals surface area contributed by atoms with Crippen molar-refractivity contribution in [3.05, 3.63) is 20.8 Å². The summed E-state index contributed by atoms with van der Waals surface area (Å²) < 4.78 is 1.14. The summed E-state index contributed by atoms with van der Waals surface area (Å²) >= 11 is 5.24. The van der Waals surface area contributed by atoms with Crippen LogP contribution in [-0.2, 0) is 0 Å². The zero-order valence-corrected chi connectivity index (χ0v) is 14.2. The highest BCUT2D eigenvalue weighted by molar-refractivity contribution is 9.10. The molecule has 1 saturated carbocycles. The zero-order valence-electron chi connectivity index (χ0n) is 11.8. The van der Waals surface area contributed by atoms with Crippen molar-refractivity contribution in [3.63, 3.8) is 0 Å². The fraction of sp³-hybridized carbons (Fsp3) is 0.733. The molecule has 2 N–H and O–H groups in total. The molecule has 0 spiro atoms. The van der Waals surface area contributed by atoms with Crippen molar-refractivity contribution >= 4 is 27.3 Å². The maximum absolute atomic E-state index is 10.6. The maximum Gasteiger partial charge on any atom is 0.0772 e. The smallest absolute Gasteiger partial charge is 0.0772 e. The standard InChI is InChI=1S/C15H24BrNOS/c1-3-12-4-6-15(18,7-5-12)10-17-11(2)14-8-13(16)9-19-14/h8-9,11-12,17-18H,3-7,10H2,1-2H3. The summed E-state index contributed by atoms with van der Waals surface area (Å²) in [5.41, 5.74) is -0.492. The number of hydrogen-bond donors (Lipinski definition) is 2. The summed E-state index contributed by atoms with van der Waals surface area (Å²) in [7, 11) is 0. The Morgan fingerprint density at radius 3 is 2.74 bits per heavy atom. The van der Waals surface area contributed by atoms with Gasteiger partial charge >= 0.3 is 0 Å². The first-order chi connectivity index (χ1) is 9.02. The minimum Gasteiger partial charge on any atom is -0.389 e. The third-order valence-corrected chi connectivity index (χ3v) is 6.24. The van der Waals surface area contributed by atoms with E-state index >= 15 is 0 Å². The fourth-order valence-electron chi connectivity index (χ4n) is 2.80. The molecule has 1 aliphatic rings. The lowest BCUT2D eigenvalue weighted by Gasteiger charge is -2.36. The number of halogens is 1. The molecule has 0 amide bonds. The van der Waals surface area contributed by atoms with E-state index in [0.29, 0.717) is 12.6 Å². The lowest BCUT2D eigenvalue weighted by Crippen LogP contribution is -2.44. The van der Waals surface area contributed by atoms with E-state index in [1.807, 2.05) is 0 Å². The Balaban J connectivity index is 1.81. The van der Waals surface area contributed by atoms with Crippen LogP contribution in [0.5, 0.6) is 0 Å². The molecule has 1 fully saturated rings. The second-order valence-electron chi connectivity index (χ2n) is 5.85. The van der Waals surface area contributed by atoms with Crippen LogP contribution in [0.25, 0.3) is 0 Å². The monoisotopic (exact) mass is 345 g/mol. The molecular weight excluding hydrogens is 322 g/mol. The summed E-state index contributed by atoms with van der Waals surface area (Å²) in [6.07, 6.45) is 5.49. The molecule has 108 valence electrons. The molecule has 1 aliphatic carbocycles. The van der Waals surface area contributed by atoms with Crippen molar-refractivity contribution in [2.75, 3.05) is 6.54 Å². The van der Waals surface area contributed by atoms with Crippen molar-refractivity contribution in [2.24, 2.45) is 5.92 Å². The van der Waals surface area contributed by atoms with Gasteiger partial charge in [0.05, 0.1) is 5.60 Å². The Morgan fingerprint density at radius 2 is 2.21 bits per heavy atom. The van der Waals surface area contributed by atoms with Crippen molar-refractivity contribution in [2.45, 2.75) is 57.6 Å². The minimum atomic E-state index is -0.492. The molecule has 4 heteroatoms. The van der Waals surface area contributed by atoms with Gasteiger partial charge in [-0.1, -0.05) is 13.3 Å². The second kappa shape index (κ2) is 6.70. The van der Waals surface area contributed by atoms with Crippen molar-refractivity contribution in [3.8, 4) is 0 Å². The van der Waals surface area contributed by atoms with Gasteiger partial charge in [0.2, 0.25) is 0 Å². The highest BCUT2D eigenvalue weighted by Gasteiger charge is 2.32. The van der Waals surface area contributed by atoms with Crippen LogP contribution in [-0.4, -0.2) is 17.3 Å². The fourth-order valence-corrected chi connectivity index (χ4v) is 4.28. The number of rotatable bonds is 5. The minimum absolute atomic E-state index is 0.309. The van der Waals surface area contributed by atoms with E-state index in [1.165, 1.54) is 24.1 Å². The Morgan fingerprint density at radius 1 is 1.53 bits per heavy atom. The third-order valence-electron chi connectivity index (χ3n) is 4.37. The number of thiophene rings is 1. The molecule has 1 aromatic rings. The molecule has 1 unspecified atom stereocenters. The molecule has 0 radical (unpaired) electrons. The highest BCUT2D eigenvalue weighted by atomic mass is 79.9.